The predicted molar refractivity (Wildman–Crippen MR) is 141 cm³/mol. The number of hydrogen-bond donors (Lipinski definition) is 0. The number of hydrogen-bond acceptors (Lipinski definition) is 6. The quantitative estimate of drug-likeness (QED) is 0.280. The third-order valence-corrected chi connectivity index (χ3v) is 7.50. The minimum Gasteiger partial charge on any atom is -0.466 e. The van der Waals surface area contributed by atoms with Crippen molar-refractivity contribution in [3.8, 4) is 11.3 Å². The fourth-order valence-electron chi connectivity index (χ4n) is 4.70. The Bertz CT molecular complexity index is 1360. The van der Waals surface area contributed by atoms with E-state index in [1.165, 1.54) is 10.8 Å². The summed E-state index contributed by atoms with van der Waals surface area (Å²) in [4.78, 5) is 32.4. The summed E-state index contributed by atoms with van der Waals surface area (Å²) in [5.74, 6) is -0.366. The molecule has 0 aliphatic carbocycles. The molecule has 0 spiro atoms. The molecule has 7 nitrogen and oxygen atoms in total. The summed E-state index contributed by atoms with van der Waals surface area (Å²) in [6, 6.07) is 14.7. The molecule has 1 saturated heterocycles. The lowest BCUT2D eigenvalue weighted by molar-refractivity contribution is -0.146. The molecule has 5 rings (SSSR count). The fraction of sp³-hybridized carbons (Fsp3) is 0.393. The number of ether oxygens (including phenoxy) is 2. The Balaban J connectivity index is 1.30. The highest BCUT2D eigenvalue weighted by molar-refractivity contribution is 7.15. The van der Waals surface area contributed by atoms with Crippen molar-refractivity contribution in [2.24, 2.45) is 0 Å². The lowest BCUT2D eigenvalue weighted by Gasteiger charge is -2.25. The Morgan fingerprint density at radius 3 is 2.86 bits per heavy atom. The predicted octanol–water partition coefficient (Wildman–Crippen LogP) is 5.11. The van der Waals surface area contributed by atoms with Crippen LogP contribution >= 0.6 is 11.3 Å². The van der Waals surface area contributed by atoms with Gasteiger partial charge in [-0.3, -0.25) is 14.0 Å². The summed E-state index contributed by atoms with van der Waals surface area (Å²) in [5.41, 5.74) is 3.14. The number of nitrogens with zero attached hydrogens (tertiary/aromatic N) is 3. The SMILES string of the molecule is CCOC(=O)CCC(=O)N(CCc1csc2nc(-c3ccc4ccccc4c3)cn12)CC1CCCO1. The first-order chi connectivity index (χ1) is 17.6. The fourth-order valence-corrected chi connectivity index (χ4v) is 5.61. The van der Waals surface area contributed by atoms with Gasteiger partial charge in [0.2, 0.25) is 5.91 Å². The van der Waals surface area contributed by atoms with Gasteiger partial charge in [-0.15, -0.1) is 11.3 Å². The number of benzene rings is 2. The lowest BCUT2D eigenvalue weighted by Crippen LogP contribution is -2.39. The van der Waals surface area contributed by atoms with Crippen molar-refractivity contribution >= 4 is 38.9 Å². The minimum atomic E-state index is -0.331. The molecule has 8 heteroatoms. The van der Waals surface area contributed by atoms with Gasteiger partial charge in [-0.25, -0.2) is 4.98 Å². The van der Waals surface area contributed by atoms with Gasteiger partial charge in [0.15, 0.2) is 4.96 Å². The van der Waals surface area contributed by atoms with Crippen molar-refractivity contribution in [3.05, 3.63) is 59.7 Å². The highest BCUT2D eigenvalue weighted by Gasteiger charge is 2.23. The van der Waals surface area contributed by atoms with Crippen molar-refractivity contribution < 1.29 is 19.1 Å². The van der Waals surface area contributed by atoms with E-state index in [9.17, 15) is 9.59 Å². The van der Waals surface area contributed by atoms with Crippen molar-refractivity contribution in [3.63, 3.8) is 0 Å². The number of rotatable bonds is 10. The second-order valence-electron chi connectivity index (χ2n) is 9.10. The highest BCUT2D eigenvalue weighted by Crippen LogP contribution is 2.27. The number of carbonyl (C=O) groups is 2. The third kappa shape index (κ3) is 5.60. The van der Waals surface area contributed by atoms with E-state index in [0.29, 0.717) is 26.1 Å². The Labute approximate surface area is 214 Å². The zero-order valence-corrected chi connectivity index (χ0v) is 21.3. The molecule has 188 valence electrons. The molecule has 1 amide bonds. The number of imidazole rings is 1. The Kier molecular flexibility index (Phi) is 7.63. The summed E-state index contributed by atoms with van der Waals surface area (Å²) in [6.07, 6.45) is 5.08. The Morgan fingerprint density at radius 1 is 1.19 bits per heavy atom. The van der Waals surface area contributed by atoms with Crippen LogP contribution in [0.3, 0.4) is 0 Å². The first kappa shape index (κ1) is 24.5. The first-order valence-corrected chi connectivity index (χ1v) is 13.5. The molecule has 1 fully saturated rings. The second-order valence-corrected chi connectivity index (χ2v) is 9.93. The second kappa shape index (κ2) is 11.2. The monoisotopic (exact) mass is 505 g/mol. The van der Waals surface area contributed by atoms with Crippen LogP contribution in [-0.2, 0) is 25.5 Å². The maximum atomic E-state index is 13.0. The molecule has 1 aliphatic heterocycles. The summed E-state index contributed by atoms with van der Waals surface area (Å²) >= 11 is 1.61. The van der Waals surface area contributed by atoms with E-state index in [0.717, 1.165) is 41.4 Å². The number of fused-ring (bicyclic) bond motifs is 2. The molecule has 2 aromatic heterocycles. The van der Waals surface area contributed by atoms with Gasteiger partial charge in [0.25, 0.3) is 0 Å². The smallest absolute Gasteiger partial charge is 0.306 e. The van der Waals surface area contributed by atoms with Crippen molar-refractivity contribution in [2.45, 2.75) is 45.1 Å². The molecule has 0 N–H and O–H groups in total. The van der Waals surface area contributed by atoms with Gasteiger partial charge in [-0.2, -0.15) is 0 Å². The number of thiazole rings is 1. The molecule has 1 unspecified atom stereocenters. The average molecular weight is 506 g/mol. The summed E-state index contributed by atoms with van der Waals surface area (Å²) in [6.45, 7) is 3.96. The largest absolute Gasteiger partial charge is 0.466 e. The maximum Gasteiger partial charge on any atom is 0.306 e. The van der Waals surface area contributed by atoms with E-state index in [2.05, 4.69) is 46.3 Å². The maximum absolute atomic E-state index is 13.0. The van der Waals surface area contributed by atoms with Crippen LogP contribution in [0.2, 0.25) is 0 Å². The summed E-state index contributed by atoms with van der Waals surface area (Å²) < 4.78 is 12.9. The molecule has 2 aromatic carbocycles. The Morgan fingerprint density at radius 2 is 2.06 bits per heavy atom. The molecule has 0 bridgehead atoms. The highest BCUT2D eigenvalue weighted by atomic mass is 32.1. The van der Waals surface area contributed by atoms with Crippen LogP contribution in [-0.4, -0.2) is 58.6 Å². The van der Waals surface area contributed by atoms with E-state index in [-0.39, 0.29) is 30.8 Å². The van der Waals surface area contributed by atoms with Crippen LogP contribution in [0.15, 0.2) is 54.0 Å². The summed E-state index contributed by atoms with van der Waals surface area (Å²) in [5, 5.41) is 4.51. The number of esters is 1. The number of amides is 1. The molecule has 36 heavy (non-hydrogen) atoms. The van der Waals surface area contributed by atoms with Gasteiger partial charge in [0, 0.05) is 55.4 Å². The molecule has 1 atom stereocenters. The van der Waals surface area contributed by atoms with E-state index in [1.54, 1.807) is 18.3 Å². The van der Waals surface area contributed by atoms with Gasteiger partial charge < -0.3 is 14.4 Å². The van der Waals surface area contributed by atoms with Crippen LogP contribution in [0.5, 0.6) is 0 Å². The van der Waals surface area contributed by atoms with Crippen molar-refractivity contribution in [1.82, 2.24) is 14.3 Å². The molecular weight excluding hydrogens is 474 g/mol. The van der Waals surface area contributed by atoms with E-state index in [4.69, 9.17) is 14.5 Å². The van der Waals surface area contributed by atoms with Crippen LogP contribution in [0, 0.1) is 0 Å². The van der Waals surface area contributed by atoms with Gasteiger partial charge >= 0.3 is 5.97 Å². The first-order valence-electron chi connectivity index (χ1n) is 12.6. The molecule has 0 radical (unpaired) electrons. The molecule has 3 heterocycles. The van der Waals surface area contributed by atoms with E-state index >= 15 is 0 Å². The van der Waals surface area contributed by atoms with Gasteiger partial charge in [0.05, 0.1) is 24.8 Å². The van der Waals surface area contributed by atoms with E-state index < -0.39 is 0 Å². The van der Waals surface area contributed by atoms with Gasteiger partial charge in [-0.1, -0.05) is 36.4 Å². The molecule has 4 aromatic rings. The lowest BCUT2D eigenvalue weighted by atomic mass is 10.1. The summed E-state index contributed by atoms with van der Waals surface area (Å²) in [7, 11) is 0. The van der Waals surface area contributed by atoms with Crippen LogP contribution in [0.1, 0.15) is 38.3 Å². The van der Waals surface area contributed by atoms with Crippen molar-refractivity contribution in [1.29, 1.82) is 0 Å². The zero-order chi connectivity index (χ0) is 24.9. The van der Waals surface area contributed by atoms with Crippen LogP contribution in [0.4, 0.5) is 0 Å². The normalized spacial score (nSPS) is 15.5. The molecular formula is C28H31N3O4S. The minimum absolute atomic E-state index is 0.0347. The van der Waals surface area contributed by atoms with Gasteiger partial charge in [0.1, 0.15) is 0 Å². The standard InChI is InChI=1S/C28H31N3O4S/c1-2-34-27(33)12-11-26(32)30(17-24-8-5-15-35-24)14-13-23-19-36-28-29-25(18-31(23)28)22-10-9-20-6-3-4-7-21(20)16-22/h3-4,6-7,9-10,16,18-19,24H,2,5,8,11-15,17H2,1H3. The average Bonchev–Trinajstić information content (AvgIpc) is 3.63. The van der Waals surface area contributed by atoms with Gasteiger partial charge in [-0.05, 0) is 36.6 Å². The molecule has 0 saturated carbocycles. The van der Waals surface area contributed by atoms with Crippen LogP contribution in [0.25, 0.3) is 27.0 Å². The topological polar surface area (TPSA) is 73.1 Å². The third-order valence-electron chi connectivity index (χ3n) is 6.62. The van der Waals surface area contributed by atoms with Crippen LogP contribution < -0.4 is 0 Å². The number of carbonyl (C=O) groups excluding carboxylic acids is 2. The van der Waals surface area contributed by atoms with E-state index in [1.807, 2.05) is 17.0 Å². The number of aromatic nitrogens is 2. The zero-order valence-electron chi connectivity index (χ0n) is 20.5. The Hall–Kier alpha value is -3.23. The van der Waals surface area contributed by atoms with Crippen molar-refractivity contribution in [2.75, 3.05) is 26.3 Å². The molecule has 1 aliphatic rings.